The number of unbranched alkanes of at least 4 members (excludes halogenated alkanes) is 1. The molecule has 0 saturated heterocycles. The predicted octanol–water partition coefficient (Wildman–Crippen LogP) is 2.95. The van der Waals surface area contributed by atoms with E-state index in [1.54, 1.807) is 36.4 Å². The zero-order valence-electron chi connectivity index (χ0n) is 16.0. The topological polar surface area (TPSA) is 81.7 Å². The van der Waals surface area contributed by atoms with E-state index in [0.717, 1.165) is 19.3 Å². The molecule has 28 heavy (non-hydrogen) atoms. The van der Waals surface area contributed by atoms with Crippen LogP contribution < -0.4 is 10.1 Å². The summed E-state index contributed by atoms with van der Waals surface area (Å²) in [4.78, 5) is 35.5. The number of benzene rings is 2. The largest absolute Gasteiger partial charge is 0.484 e. The summed E-state index contributed by atoms with van der Waals surface area (Å²) in [5.41, 5.74) is 1.67. The highest BCUT2D eigenvalue weighted by atomic mass is 16.5. The molecule has 148 valence electrons. The van der Waals surface area contributed by atoms with Gasteiger partial charge in [0.15, 0.2) is 19.0 Å². The lowest BCUT2D eigenvalue weighted by Crippen LogP contribution is -2.34. The van der Waals surface area contributed by atoms with Crippen LogP contribution in [0.15, 0.2) is 54.6 Å². The molecule has 2 aromatic carbocycles. The van der Waals surface area contributed by atoms with Gasteiger partial charge in [0.1, 0.15) is 12.3 Å². The normalized spacial score (nSPS) is 10.2. The van der Waals surface area contributed by atoms with E-state index in [1.807, 2.05) is 18.2 Å². The molecule has 0 radical (unpaired) electrons. The van der Waals surface area contributed by atoms with Gasteiger partial charge in [-0.25, -0.2) is 0 Å². The van der Waals surface area contributed by atoms with Gasteiger partial charge in [-0.1, -0.05) is 55.8 Å². The van der Waals surface area contributed by atoms with Gasteiger partial charge in [-0.2, -0.15) is 0 Å². The first kappa shape index (κ1) is 21.2. The predicted molar refractivity (Wildman–Crippen MR) is 105 cm³/mol. The van der Waals surface area contributed by atoms with Crippen LogP contribution in [0.2, 0.25) is 0 Å². The molecule has 0 aliphatic rings. The maximum atomic E-state index is 12.1. The summed E-state index contributed by atoms with van der Waals surface area (Å²) in [6.45, 7) is 1.25. The Morgan fingerprint density at radius 1 is 0.929 bits per heavy atom. The van der Waals surface area contributed by atoms with Crippen molar-refractivity contribution < 1.29 is 23.9 Å². The van der Waals surface area contributed by atoms with Crippen LogP contribution in [0.1, 0.15) is 35.7 Å². The van der Waals surface area contributed by atoms with Crippen molar-refractivity contribution in [2.45, 2.75) is 26.2 Å². The van der Waals surface area contributed by atoms with Crippen molar-refractivity contribution in [1.82, 2.24) is 5.32 Å². The number of ether oxygens (including phenoxy) is 2. The Labute approximate surface area is 164 Å². The minimum Gasteiger partial charge on any atom is -0.484 e. The van der Waals surface area contributed by atoms with Crippen molar-refractivity contribution in [1.29, 1.82) is 0 Å². The van der Waals surface area contributed by atoms with E-state index in [9.17, 15) is 14.4 Å². The van der Waals surface area contributed by atoms with E-state index in [-0.39, 0.29) is 25.5 Å². The van der Waals surface area contributed by atoms with E-state index >= 15 is 0 Å². The molecular formula is C22H25NO5. The molecule has 0 heterocycles. The number of nitrogens with one attached hydrogen (secondary N) is 1. The van der Waals surface area contributed by atoms with Gasteiger partial charge in [0.25, 0.3) is 5.91 Å². The highest BCUT2D eigenvalue weighted by molar-refractivity contribution is 5.98. The molecule has 0 atom stereocenters. The van der Waals surface area contributed by atoms with Crippen LogP contribution >= 0.6 is 0 Å². The minimum atomic E-state index is -0.680. The SMILES string of the molecule is CCCCc1ccc(C(=O)COC(=O)CNC(=O)COc2ccccc2)cc1. The van der Waals surface area contributed by atoms with Crippen LogP contribution in [-0.4, -0.2) is 37.4 Å². The first-order valence-electron chi connectivity index (χ1n) is 9.30. The Balaban J connectivity index is 1.65. The van der Waals surface area contributed by atoms with E-state index < -0.39 is 11.9 Å². The summed E-state index contributed by atoms with van der Waals surface area (Å²) in [6, 6.07) is 16.2. The standard InChI is InChI=1S/C22H25NO5/c1-2-3-7-17-10-12-18(13-11-17)20(24)15-28-22(26)14-23-21(25)16-27-19-8-5-4-6-9-19/h4-6,8-13H,2-3,7,14-16H2,1H3,(H,23,25). The van der Waals surface area contributed by atoms with Crippen LogP contribution in [0, 0.1) is 0 Å². The van der Waals surface area contributed by atoms with Crippen molar-refractivity contribution in [3.63, 3.8) is 0 Å². The smallest absolute Gasteiger partial charge is 0.325 e. The van der Waals surface area contributed by atoms with Crippen molar-refractivity contribution in [2.24, 2.45) is 0 Å². The quantitative estimate of drug-likeness (QED) is 0.477. The molecule has 0 fully saturated rings. The molecule has 0 bridgehead atoms. The van der Waals surface area contributed by atoms with Gasteiger partial charge in [0, 0.05) is 5.56 Å². The summed E-state index contributed by atoms with van der Waals surface area (Å²) in [5.74, 6) is -0.851. The van der Waals surface area contributed by atoms with Crippen molar-refractivity contribution in [2.75, 3.05) is 19.8 Å². The first-order chi connectivity index (χ1) is 13.6. The van der Waals surface area contributed by atoms with Gasteiger partial charge in [0.2, 0.25) is 0 Å². The van der Waals surface area contributed by atoms with Gasteiger partial charge in [0.05, 0.1) is 0 Å². The van der Waals surface area contributed by atoms with Gasteiger partial charge >= 0.3 is 5.97 Å². The number of aryl methyl sites for hydroxylation is 1. The molecular weight excluding hydrogens is 358 g/mol. The number of esters is 1. The third kappa shape index (κ3) is 7.61. The average molecular weight is 383 g/mol. The number of ketones is 1. The maximum absolute atomic E-state index is 12.1. The fraction of sp³-hybridized carbons (Fsp3) is 0.318. The monoisotopic (exact) mass is 383 g/mol. The van der Waals surface area contributed by atoms with Crippen molar-refractivity contribution in [3.8, 4) is 5.75 Å². The Bertz CT molecular complexity index is 771. The molecule has 1 N–H and O–H groups in total. The number of carbonyl (C=O) groups excluding carboxylic acids is 3. The summed E-state index contributed by atoms with van der Waals surface area (Å²) in [7, 11) is 0. The Morgan fingerprint density at radius 3 is 2.32 bits per heavy atom. The second-order valence-electron chi connectivity index (χ2n) is 6.26. The molecule has 0 unspecified atom stereocenters. The highest BCUT2D eigenvalue weighted by Gasteiger charge is 2.11. The lowest BCUT2D eigenvalue weighted by Gasteiger charge is -2.08. The lowest BCUT2D eigenvalue weighted by atomic mass is 10.0. The van der Waals surface area contributed by atoms with Crippen molar-refractivity contribution >= 4 is 17.7 Å². The van der Waals surface area contributed by atoms with E-state index in [1.165, 1.54) is 5.56 Å². The van der Waals surface area contributed by atoms with Crippen LogP contribution in [0.5, 0.6) is 5.75 Å². The molecule has 1 amide bonds. The Hall–Kier alpha value is -3.15. The zero-order valence-corrected chi connectivity index (χ0v) is 16.0. The molecule has 2 rings (SSSR count). The minimum absolute atomic E-state index is 0.208. The number of para-hydroxylation sites is 1. The number of amides is 1. The summed E-state index contributed by atoms with van der Waals surface area (Å²) in [5, 5.41) is 2.39. The van der Waals surface area contributed by atoms with Crippen LogP contribution in [0.25, 0.3) is 0 Å². The van der Waals surface area contributed by atoms with E-state index in [2.05, 4.69) is 12.2 Å². The molecule has 2 aromatic rings. The molecule has 0 aromatic heterocycles. The number of hydrogen-bond donors (Lipinski definition) is 1. The van der Waals surface area contributed by atoms with E-state index in [4.69, 9.17) is 9.47 Å². The average Bonchev–Trinajstić information content (AvgIpc) is 2.74. The van der Waals surface area contributed by atoms with Crippen LogP contribution in [0.4, 0.5) is 0 Å². The highest BCUT2D eigenvalue weighted by Crippen LogP contribution is 2.09. The molecule has 6 heteroatoms. The third-order valence-corrected chi connectivity index (χ3v) is 4.00. The number of Topliss-reactive ketones (excluding diaryl/α,β-unsaturated/α-hetero) is 1. The fourth-order valence-electron chi connectivity index (χ4n) is 2.41. The molecule has 0 aliphatic carbocycles. The number of hydrogen-bond acceptors (Lipinski definition) is 5. The van der Waals surface area contributed by atoms with Gasteiger partial charge < -0.3 is 14.8 Å². The van der Waals surface area contributed by atoms with Crippen LogP contribution in [-0.2, 0) is 20.7 Å². The molecule has 6 nitrogen and oxygen atoms in total. The van der Waals surface area contributed by atoms with Crippen molar-refractivity contribution in [3.05, 3.63) is 65.7 Å². The zero-order chi connectivity index (χ0) is 20.2. The lowest BCUT2D eigenvalue weighted by molar-refractivity contribution is -0.143. The second kappa shape index (κ2) is 11.5. The first-order valence-corrected chi connectivity index (χ1v) is 9.30. The summed E-state index contributed by atoms with van der Waals surface area (Å²) in [6.07, 6.45) is 3.20. The molecule has 0 saturated carbocycles. The van der Waals surface area contributed by atoms with Crippen LogP contribution in [0.3, 0.4) is 0 Å². The summed E-state index contributed by atoms with van der Waals surface area (Å²) < 4.78 is 10.2. The van der Waals surface area contributed by atoms with Gasteiger partial charge in [-0.3, -0.25) is 14.4 Å². The summed E-state index contributed by atoms with van der Waals surface area (Å²) >= 11 is 0. The molecule has 0 spiro atoms. The second-order valence-corrected chi connectivity index (χ2v) is 6.26. The Morgan fingerprint density at radius 2 is 1.64 bits per heavy atom. The molecule has 0 aliphatic heterocycles. The maximum Gasteiger partial charge on any atom is 0.325 e. The fourth-order valence-corrected chi connectivity index (χ4v) is 2.41. The van der Waals surface area contributed by atoms with E-state index in [0.29, 0.717) is 11.3 Å². The third-order valence-electron chi connectivity index (χ3n) is 4.00. The number of rotatable bonds is 11. The van der Waals surface area contributed by atoms with Gasteiger partial charge in [-0.15, -0.1) is 0 Å². The van der Waals surface area contributed by atoms with Gasteiger partial charge in [-0.05, 0) is 30.5 Å². The Kier molecular flexibility index (Phi) is 8.72. The number of carbonyl (C=O) groups is 3.